The predicted octanol–water partition coefficient (Wildman–Crippen LogP) is 4.04. The molecule has 3 aromatic heterocycles. The van der Waals surface area contributed by atoms with E-state index in [0.29, 0.717) is 34.1 Å². The lowest BCUT2D eigenvalue weighted by molar-refractivity contribution is -0.116. The Bertz CT molecular complexity index is 1560. The molecule has 0 saturated heterocycles. The van der Waals surface area contributed by atoms with Crippen LogP contribution in [0.5, 0.6) is 5.75 Å². The van der Waals surface area contributed by atoms with Crippen molar-refractivity contribution in [3.63, 3.8) is 0 Å². The predicted molar refractivity (Wildman–Crippen MR) is 126 cm³/mol. The molecule has 1 atom stereocenters. The first-order valence-corrected chi connectivity index (χ1v) is 11.1. The van der Waals surface area contributed by atoms with Crippen LogP contribution in [0.1, 0.15) is 34.7 Å². The molecule has 1 aliphatic heterocycles. The summed E-state index contributed by atoms with van der Waals surface area (Å²) in [4.78, 5) is 28.5. The van der Waals surface area contributed by atoms with E-state index in [4.69, 9.17) is 9.84 Å². The van der Waals surface area contributed by atoms with Crippen molar-refractivity contribution in [2.24, 2.45) is 0 Å². The van der Waals surface area contributed by atoms with E-state index in [9.17, 15) is 9.18 Å². The van der Waals surface area contributed by atoms with Crippen molar-refractivity contribution in [2.45, 2.75) is 25.9 Å². The topological polar surface area (TPSA) is 111 Å². The van der Waals surface area contributed by atoms with Crippen LogP contribution in [-0.4, -0.2) is 35.6 Å². The lowest BCUT2D eigenvalue weighted by Crippen LogP contribution is -2.25. The number of aryl methyl sites for hydroxylation is 1. The Kier molecular flexibility index (Phi) is 4.98. The van der Waals surface area contributed by atoms with E-state index in [-0.39, 0.29) is 30.7 Å². The number of aromatic amines is 1. The van der Waals surface area contributed by atoms with Gasteiger partial charge in [0.15, 0.2) is 11.5 Å². The Morgan fingerprint density at radius 2 is 1.94 bits per heavy atom. The lowest BCUT2D eigenvalue weighted by atomic mass is 9.86. The highest BCUT2D eigenvalue weighted by Gasteiger charge is 2.33. The molecule has 0 aliphatic carbocycles. The molecule has 0 radical (unpaired) electrons. The van der Waals surface area contributed by atoms with Gasteiger partial charge in [-0.05, 0) is 30.7 Å². The van der Waals surface area contributed by atoms with Gasteiger partial charge in [-0.15, -0.1) is 0 Å². The van der Waals surface area contributed by atoms with Crippen LogP contribution < -0.4 is 10.1 Å². The van der Waals surface area contributed by atoms with Gasteiger partial charge in [0, 0.05) is 23.5 Å². The number of rotatable bonds is 5. The smallest absolute Gasteiger partial charge is 0.226 e. The number of benzene rings is 2. The summed E-state index contributed by atoms with van der Waals surface area (Å²) in [6, 6.07) is 14.1. The third-order valence-corrected chi connectivity index (χ3v) is 6.14. The third-order valence-electron chi connectivity index (χ3n) is 6.14. The van der Waals surface area contributed by atoms with Crippen LogP contribution in [0.4, 0.5) is 10.2 Å². The molecule has 1 aliphatic rings. The second-order valence-electron chi connectivity index (χ2n) is 8.31. The van der Waals surface area contributed by atoms with Crippen LogP contribution in [0.15, 0.2) is 61.2 Å². The number of nitrogens with one attached hydrogen (secondary N) is 2. The maximum Gasteiger partial charge on any atom is 0.226 e. The van der Waals surface area contributed by atoms with E-state index in [0.717, 1.165) is 16.8 Å². The zero-order valence-corrected chi connectivity index (χ0v) is 18.7. The molecular weight excluding hydrogens is 449 g/mol. The number of ether oxygens (including phenoxy) is 1. The normalized spacial score (nSPS) is 15.1. The number of imidazole rings is 1. The quantitative estimate of drug-likeness (QED) is 0.402. The van der Waals surface area contributed by atoms with Crippen molar-refractivity contribution in [2.75, 3.05) is 5.32 Å². The molecule has 2 N–H and O–H groups in total. The van der Waals surface area contributed by atoms with Crippen LogP contribution in [-0.2, 0) is 11.4 Å². The average molecular weight is 469 g/mol. The summed E-state index contributed by atoms with van der Waals surface area (Å²) in [6.07, 6.45) is 3.26. The number of hydrogen-bond donors (Lipinski definition) is 2. The largest absolute Gasteiger partial charge is 0.489 e. The van der Waals surface area contributed by atoms with E-state index >= 15 is 0 Å². The highest BCUT2D eigenvalue weighted by Crippen LogP contribution is 2.40. The number of halogens is 1. The SMILES string of the molecule is Cc1nn(-c2ncnc3nc[nH]c23)c2c1[C@H](c1ccc(OCc3ccccc3F)cc1)CC(=O)N2. The maximum atomic E-state index is 13.9. The van der Waals surface area contributed by atoms with Gasteiger partial charge in [-0.3, -0.25) is 4.79 Å². The van der Waals surface area contributed by atoms with Crippen LogP contribution in [0.3, 0.4) is 0 Å². The van der Waals surface area contributed by atoms with Crippen LogP contribution >= 0.6 is 0 Å². The summed E-state index contributed by atoms with van der Waals surface area (Å²) in [5.41, 5.74) is 4.31. The fourth-order valence-electron chi connectivity index (χ4n) is 4.47. The molecule has 6 rings (SSSR count). The zero-order valence-electron chi connectivity index (χ0n) is 18.7. The highest BCUT2D eigenvalue weighted by molar-refractivity contribution is 5.95. The minimum atomic E-state index is -0.298. The van der Waals surface area contributed by atoms with Crippen LogP contribution in [0.25, 0.3) is 17.0 Å². The summed E-state index contributed by atoms with van der Waals surface area (Å²) in [7, 11) is 0. The maximum absolute atomic E-state index is 13.9. The van der Waals surface area contributed by atoms with Crippen LogP contribution in [0.2, 0.25) is 0 Å². The first kappa shape index (κ1) is 21.0. The Morgan fingerprint density at radius 3 is 2.77 bits per heavy atom. The van der Waals surface area contributed by atoms with Gasteiger partial charge < -0.3 is 15.0 Å². The van der Waals surface area contributed by atoms with Gasteiger partial charge in [-0.1, -0.05) is 30.3 Å². The first-order valence-electron chi connectivity index (χ1n) is 11.1. The summed E-state index contributed by atoms with van der Waals surface area (Å²) >= 11 is 0. The van der Waals surface area contributed by atoms with E-state index in [1.54, 1.807) is 29.2 Å². The Labute approximate surface area is 199 Å². The average Bonchev–Trinajstić information content (AvgIpc) is 3.48. The number of aromatic nitrogens is 6. The van der Waals surface area contributed by atoms with Gasteiger partial charge in [-0.25, -0.2) is 19.3 Å². The lowest BCUT2D eigenvalue weighted by Gasteiger charge is -2.24. The van der Waals surface area contributed by atoms with E-state index < -0.39 is 0 Å². The number of nitrogens with zero attached hydrogens (tertiary/aromatic N) is 5. The number of carbonyl (C=O) groups is 1. The molecule has 0 spiro atoms. The molecule has 4 heterocycles. The molecule has 0 fully saturated rings. The minimum Gasteiger partial charge on any atom is -0.489 e. The fourth-order valence-corrected chi connectivity index (χ4v) is 4.47. The standard InChI is InChI=1S/C25H20FN7O2/c1-14-21-18(15-6-8-17(9-7-15)35-11-16-4-2-3-5-19(16)26)10-20(34)31-24(21)33(32-14)25-22-23(28-12-27-22)29-13-30-25/h2-9,12-13,18H,10-11H2,1H3,(H,31,34)(H,27,28,29,30)/t18-/m0/s1. The van der Waals surface area contributed by atoms with Crippen molar-refractivity contribution >= 4 is 22.9 Å². The van der Waals surface area contributed by atoms with Crippen molar-refractivity contribution in [1.82, 2.24) is 29.7 Å². The molecule has 9 nitrogen and oxygen atoms in total. The summed E-state index contributed by atoms with van der Waals surface area (Å²) in [5.74, 6) is 1.11. The number of amides is 1. The Hall–Kier alpha value is -4.60. The number of anilines is 1. The Balaban J connectivity index is 1.32. The number of fused-ring (bicyclic) bond motifs is 2. The van der Waals surface area contributed by atoms with Gasteiger partial charge in [-0.2, -0.15) is 9.78 Å². The van der Waals surface area contributed by atoms with Crippen molar-refractivity contribution in [3.05, 3.63) is 89.4 Å². The van der Waals surface area contributed by atoms with E-state index in [1.165, 1.54) is 12.4 Å². The summed E-state index contributed by atoms with van der Waals surface area (Å²) in [5, 5.41) is 7.66. The van der Waals surface area contributed by atoms with Gasteiger partial charge in [0.1, 0.15) is 35.8 Å². The van der Waals surface area contributed by atoms with E-state index in [2.05, 4.69) is 25.3 Å². The number of hydrogen-bond acceptors (Lipinski definition) is 6. The molecule has 10 heteroatoms. The molecule has 1 amide bonds. The first-order chi connectivity index (χ1) is 17.1. The van der Waals surface area contributed by atoms with Gasteiger partial charge >= 0.3 is 0 Å². The van der Waals surface area contributed by atoms with Gasteiger partial charge in [0.2, 0.25) is 5.91 Å². The van der Waals surface area contributed by atoms with Gasteiger partial charge in [0.05, 0.1) is 12.0 Å². The van der Waals surface area contributed by atoms with Crippen molar-refractivity contribution < 1.29 is 13.9 Å². The fraction of sp³-hybridized carbons (Fsp3) is 0.160. The summed E-state index contributed by atoms with van der Waals surface area (Å²) in [6.45, 7) is 2.05. The monoisotopic (exact) mass is 469 g/mol. The molecule has 0 bridgehead atoms. The second kappa shape index (κ2) is 8.32. The highest BCUT2D eigenvalue weighted by atomic mass is 19.1. The minimum absolute atomic E-state index is 0.113. The third kappa shape index (κ3) is 3.68. The number of carbonyl (C=O) groups excluding carboxylic acids is 1. The zero-order chi connectivity index (χ0) is 23.9. The summed E-state index contributed by atoms with van der Waals surface area (Å²) < 4.78 is 21.3. The number of H-pyrrole nitrogens is 1. The molecule has 5 aromatic rings. The Morgan fingerprint density at radius 1 is 1.11 bits per heavy atom. The van der Waals surface area contributed by atoms with Gasteiger partial charge in [0.25, 0.3) is 0 Å². The van der Waals surface area contributed by atoms with Crippen molar-refractivity contribution in [3.8, 4) is 11.6 Å². The van der Waals surface area contributed by atoms with Crippen LogP contribution in [0, 0.1) is 12.7 Å². The van der Waals surface area contributed by atoms with E-state index in [1.807, 2.05) is 31.2 Å². The molecule has 174 valence electrons. The molecule has 0 saturated carbocycles. The second-order valence-corrected chi connectivity index (χ2v) is 8.31. The molecular formula is C25H20FN7O2. The molecule has 35 heavy (non-hydrogen) atoms. The van der Waals surface area contributed by atoms with Crippen molar-refractivity contribution in [1.29, 1.82) is 0 Å². The molecule has 2 aromatic carbocycles. The molecule has 0 unspecified atom stereocenters.